The third kappa shape index (κ3) is 2.81. The van der Waals surface area contributed by atoms with Gasteiger partial charge in [-0.15, -0.1) is 0 Å². The van der Waals surface area contributed by atoms with Crippen LogP contribution in [0, 0.1) is 5.82 Å². The zero-order chi connectivity index (χ0) is 13.3. The second-order valence-corrected chi connectivity index (χ2v) is 6.16. The number of nitrogens with one attached hydrogen (secondary N) is 1. The van der Waals surface area contributed by atoms with E-state index >= 15 is 0 Å². The van der Waals surface area contributed by atoms with E-state index in [1.54, 1.807) is 0 Å². The Balaban J connectivity index is 2.31. The fourth-order valence-corrected chi connectivity index (χ4v) is 2.72. The molecule has 0 bridgehead atoms. The average molecular weight is 352 g/mol. The molecule has 0 saturated heterocycles. The Kier molecular flexibility index (Phi) is 4.19. The minimum Gasteiger partial charge on any atom is -0.301 e. The highest BCUT2D eigenvalue weighted by Gasteiger charge is 2.15. The summed E-state index contributed by atoms with van der Waals surface area (Å²) < 4.78 is 13.8. The molecule has 3 nitrogen and oxygen atoms in total. The summed E-state index contributed by atoms with van der Waals surface area (Å²) in [6.45, 7) is 1.89. The molecule has 2 rings (SSSR count). The van der Waals surface area contributed by atoms with Gasteiger partial charge in [-0.05, 0) is 18.6 Å². The molecule has 2 aromatic rings. The van der Waals surface area contributed by atoms with Crippen LogP contribution in [0.3, 0.4) is 0 Å². The minimum atomic E-state index is -0.416. The number of amides is 1. The van der Waals surface area contributed by atoms with Crippen LogP contribution in [0.2, 0.25) is 5.02 Å². The molecular formula is C11H9BrClFN2OS. The Hall–Kier alpha value is -0.720. The molecule has 0 spiro atoms. The van der Waals surface area contributed by atoms with Gasteiger partial charge in [-0.2, -0.15) is 0 Å². The van der Waals surface area contributed by atoms with E-state index in [-0.39, 0.29) is 15.8 Å². The number of alkyl halides is 1. The predicted octanol–water partition coefficient (Wildman–Crippen LogP) is 4.20. The fourth-order valence-electron chi connectivity index (χ4n) is 1.38. The summed E-state index contributed by atoms with van der Waals surface area (Å²) >= 11 is 10.3. The van der Waals surface area contributed by atoms with Crippen molar-refractivity contribution in [2.45, 2.75) is 18.2 Å². The lowest BCUT2D eigenvalue weighted by Gasteiger charge is -2.04. The van der Waals surface area contributed by atoms with E-state index in [1.165, 1.54) is 23.5 Å². The molecule has 7 heteroatoms. The zero-order valence-electron chi connectivity index (χ0n) is 9.34. The SMILES string of the molecule is CC[C@H](Br)C(=O)Nc1nc2c(Cl)cc(F)cc2s1. The molecule has 0 saturated carbocycles. The van der Waals surface area contributed by atoms with Gasteiger partial charge in [0.05, 0.1) is 14.5 Å². The quantitative estimate of drug-likeness (QED) is 0.842. The summed E-state index contributed by atoms with van der Waals surface area (Å²) in [6.07, 6.45) is 0.673. The maximum Gasteiger partial charge on any atom is 0.239 e. The van der Waals surface area contributed by atoms with Crippen molar-refractivity contribution >= 4 is 60.1 Å². The van der Waals surface area contributed by atoms with Crippen LogP contribution >= 0.6 is 38.9 Å². The van der Waals surface area contributed by atoms with E-state index in [0.717, 1.165) is 0 Å². The number of thiazole rings is 1. The standard InChI is InChI=1S/C11H9BrClFN2OS/c1-2-6(12)10(17)16-11-15-9-7(13)3-5(14)4-8(9)18-11/h3-4,6H,2H2,1H3,(H,15,16,17)/t6-/m0/s1. The van der Waals surface area contributed by atoms with Gasteiger partial charge >= 0.3 is 0 Å². The maximum absolute atomic E-state index is 13.2. The number of rotatable bonds is 3. The third-order valence-corrected chi connectivity index (χ3v) is 4.56. The van der Waals surface area contributed by atoms with Crippen LogP contribution in [0.4, 0.5) is 9.52 Å². The number of carbonyl (C=O) groups is 1. The van der Waals surface area contributed by atoms with E-state index in [9.17, 15) is 9.18 Å². The first-order chi connectivity index (χ1) is 8.51. The molecule has 96 valence electrons. The van der Waals surface area contributed by atoms with Gasteiger partial charge in [-0.1, -0.05) is 45.8 Å². The number of hydrogen-bond acceptors (Lipinski definition) is 3. The molecule has 0 radical (unpaired) electrons. The average Bonchev–Trinajstić information content (AvgIpc) is 2.70. The highest BCUT2D eigenvalue weighted by atomic mass is 79.9. The molecule has 0 aliphatic rings. The predicted molar refractivity (Wildman–Crippen MR) is 76.2 cm³/mol. The van der Waals surface area contributed by atoms with E-state index in [4.69, 9.17) is 11.6 Å². The summed E-state index contributed by atoms with van der Waals surface area (Å²) in [7, 11) is 0. The van der Waals surface area contributed by atoms with Crippen molar-refractivity contribution < 1.29 is 9.18 Å². The summed E-state index contributed by atoms with van der Waals surface area (Å²) in [6, 6.07) is 2.55. The third-order valence-electron chi connectivity index (χ3n) is 2.29. The van der Waals surface area contributed by atoms with Crippen molar-refractivity contribution in [1.29, 1.82) is 0 Å². The molecule has 1 N–H and O–H groups in total. The van der Waals surface area contributed by atoms with Crippen LogP contribution in [0.5, 0.6) is 0 Å². The number of halogens is 3. The first-order valence-corrected chi connectivity index (χ1v) is 7.32. The molecule has 0 aliphatic heterocycles. The van der Waals surface area contributed by atoms with Gasteiger partial charge in [0.1, 0.15) is 11.3 Å². The van der Waals surface area contributed by atoms with Gasteiger partial charge in [0.15, 0.2) is 5.13 Å². The number of carbonyl (C=O) groups excluding carboxylic acids is 1. The first-order valence-electron chi connectivity index (χ1n) is 5.21. The Morgan fingerprint density at radius 2 is 2.39 bits per heavy atom. The van der Waals surface area contributed by atoms with Crippen molar-refractivity contribution in [1.82, 2.24) is 4.98 Å². The topological polar surface area (TPSA) is 42.0 Å². The molecule has 0 fully saturated rings. The maximum atomic E-state index is 13.2. The lowest BCUT2D eigenvalue weighted by molar-refractivity contribution is -0.115. The summed E-state index contributed by atoms with van der Waals surface area (Å²) in [5.74, 6) is -0.589. The Morgan fingerprint density at radius 1 is 1.67 bits per heavy atom. The number of hydrogen-bond donors (Lipinski definition) is 1. The number of fused-ring (bicyclic) bond motifs is 1. The van der Waals surface area contributed by atoms with E-state index in [2.05, 4.69) is 26.2 Å². The van der Waals surface area contributed by atoms with Crippen LogP contribution in [-0.4, -0.2) is 15.7 Å². The molecule has 1 heterocycles. The van der Waals surface area contributed by atoms with Gasteiger partial charge in [0.25, 0.3) is 0 Å². The van der Waals surface area contributed by atoms with Crippen LogP contribution in [0.1, 0.15) is 13.3 Å². The molecule has 18 heavy (non-hydrogen) atoms. The minimum absolute atomic E-state index is 0.173. The lowest BCUT2D eigenvalue weighted by Crippen LogP contribution is -2.21. The van der Waals surface area contributed by atoms with Gasteiger partial charge < -0.3 is 5.32 Å². The lowest BCUT2D eigenvalue weighted by atomic mass is 10.3. The van der Waals surface area contributed by atoms with Crippen molar-refractivity contribution in [3.8, 4) is 0 Å². The zero-order valence-corrected chi connectivity index (χ0v) is 12.5. The normalized spacial score (nSPS) is 12.7. The number of benzene rings is 1. The molecule has 1 aromatic heterocycles. The number of anilines is 1. The van der Waals surface area contributed by atoms with Crippen LogP contribution in [-0.2, 0) is 4.79 Å². The Labute approximate surface area is 120 Å². The van der Waals surface area contributed by atoms with Gasteiger partial charge in [0.2, 0.25) is 5.91 Å². The highest BCUT2D eigenvalue weighted by molar-refractivity contribution is 9.10. The van der Waals surface area contributed by atoms with Crippen LogP contribution in [0.25, 0.3) is 10.2 Å². The van der Waals surface area contributed by atoms with Crippen molar-refractivity contribution in [2.75, 3.05) is 5.32 Å². The van der Waals surface area contributed by atoms with E-state index < -0.39 is 5.82 Å². The summed E-state index contributed by atoms with van der Waals surface area (Å²) in [5, 5.41) is 3.33. The number of nitrogens with zero attached hydrogens (tertiary/aromatic N) is 1. The van der Waals surface area contributed by atoms with Crippen molar-refractivity contribution in [2.24, 2.45) is 0 Å². The van der Waals surface area contributed by atoms with Gasteiger partial charge in [-0.3, -0.25) is 4.79 Å². The molecule has 0 aliphatic carbocycles. The summed E-state index contributed by atoms with van der Waals surface area (Å²) in [5.41, 5.74) is 0.501. The Morgan fingerprint density at radius 3 is 3.06 bits per heavy atom. The largest absolute Gasteiger partial charge is 0.301 e. The second-order valence-electron chi connectivity index (χ2n) is 3.62. The second kappa shape index (κ2) is 5.50. The van der Waals surface area contributed by atoms with Crippen LogP contribution < -0.4 is 5.32 Å². The highest BCUT2D eigenvalue weighted by Crippen LogP contribution is 2.32. The summed E-state index contributed by atoms with van der Waals surface area (Å²) in [4.78, 5) is 15.6. The van der Waals surface area contributed by atoms with Crippen molar-refractivity contribution in [3.63, 3.8) is 0 Å². The van der Waals surface area contributed by atoms with Gasteiger partial charge in [-0.25, -0.2) is 9.37 Å². The smallest absolute Gasteiger partial charge is 0.239 e. The van der Waals surface area contributed by atoms with Crippen LogP contribution in [0.15, 0.2) is 12.1 Å². The van der Waals surface area contributed by atoms with E-state index in [0.29, 0.717) is 21.8 Å². The van der Waals surface area contributed by atoms with Crippen molar-refractivity contribution in [3.05, 3.63) is 23.0 Å². The molecule has 0 unspecified atom stereocenters. The van der Waals surface area contributed by atoms with Gasteiger partial charge in [0, 0.05) is 0 Å². The molecular weight excluding hydrogens is 343 g/mol. The van der Waals surface area contributed by atoms with E-state index in [1.807, 2.05) is 6.92 Å². The Bertz CT molecular complexity index is 604. The first kappa shape index (κ1) is 13.7. The number of aromatic nitrogens is 1. The monoisotopic (exact) mass is 350 g/mol. The molecule has 1 aromatic carbocycles. The molecule has 1 atom stereocenters. The molecule has 1 amide bonds. The fraction of sp³-hybridized carbons (Fsp3) is 0.273.